The van der Waals surface area contributed by atoms with Gasteiger partial charge in [0.15, 0.2) is 0 Å². The second kappa shape index (κ2) is 8.74. The van der Waals surface area contributed by atoms with Crippen molar-refractivity contribution in [3.63, 3.8) is 0 Å². The molecule has 0 saturated carbocycles. The van der Waals surface area contributed by atoms with Gasteiger partial charge in [-0.05, 0) is 72.4 Å². The Morgan fingerprint density at radius 2 is 2.10 bits per heavy atom. The number of halogens is 1. The minimum absolute atomic E-state index is 0.634. The molecule has 1 aromatic heterocycles. The Labute approximate surface area is 142 Å². The molecule has 0 bridgehead atoms. The van der Waals surface area contributed by atoms with E-state index in [1.807, 2.05) is 11.3 Å². The highest BCUT2D eigenvalue weighted by Gasteiger charge is 2.21. The summed E-state index contributed by atoms with van der Waals surface area (Å²) >= 11 is 4.46. The number of thiophene rings is 1. The molecule has 0 radical (unpaired) electrons. The topological polar surface area (TPSA) is 12.0 Å². The van der Waals surface area contributed by atoms with Gasteiger partial charge in [-0.3, -0.25) is 0 Å². The summed E-state index contributed by atoms with van der Waals surface area (Å²) in [7, 11) is 0. The molecular formula is C17H28INS. The quantitative estimate of drug-likeness (QED) is 0.418. The predicted molar refractivity (Wildman–Crippen MR) is 98.6 cm³/mol. The summed E-state index contributed by atoms with van der Waals surface area (Å²) in [6.07, 6.45) is 10.9. The number of hydrogen-bond donors (Lipinski definition) is 1. The van der Waals surface area contributed by atoms with Crippen molar-refractivity contribution in [1.82, 2.24) is 5.32 Å². The van der Waals surface area contributed by atoms with E-state index >= 15 is 0 Å². The molecule has 1 atom stereocenters. The van der Waals surface area contributed by atoms with Gasteiger partial charge < -0.3 is 5.32 Å². The second-order valence-electron chi connectivity index (χ2n) is 6.42. The van der Waals surface area contributed by atoms with E-state index in [9.17, 15) is 0 Å². The van der Waals surface area contributed by atoms with Crippen LogP contribution in [0, 0.1) is 8.80 Å². The molecule has 20 heavy (non-hydrogen) atoms. The van der Waals surface area contributed by atoms with Crippen molar-refractivity contribution in [1.29, 1.82) is 0 Å². The van der Waals surface area contributed by atoms with Crippen molar-refractivity contribution in [3.8, 4) is 0 Å². The van der Waals surface area contributed by atoms with E-state index in [0.717, 1.165) is 5.92 Å². The van der Waals surface area contributed by atoms with Crippen LogP contribution < -0.4 is 5.32 Å². The first-order valence-corrected chi connectivity index (χ1v) is 10.1. The number of hydrogen-bond acceptors (Lipinski definition) is 2. The van der Waals surface area contributed by atoms with Crippen LogP contribution in [0.25, 0.3) is 0 Å². The van der Waals surface area contributed by atoms with Crippen molar-refractivity contribution < 1.29 is 0 Å². The number of unbranched alkanes of at least 4 members (excludes halogenated alkanes) is 3. The molecule has 0 aromatic carbocycles. The lowest BCUT2D eigenvalue weighted by Gasteiger charge is -2.23. The van der Waals surface area contributed by atoms with Crippen LogP contribution in [0.3, 0.4) is 0 Å². The maximum Gasteiger partial charge on any atom is 0.0659 e. The van der Waals surface area contributed by atoms with Crippen molar-refractivity contribution >= 4 is 33.9 Å². The molecular weight excluding hydrogens is 377 g/mol. The van der Waals surface area contributed by atoms with Gasteiger partial charge in [-0.25, -0.2) is 0 Å². The Kier molecular flexibility index (Phi) is 7.32. The highest BCUT2D eigenvalue weighted by atomic mass is 127. The molecule has 3 heteroatoms. The molecule has 0 aliphatic heterocycles. The molecule has 1 aromatic rings. The van der Waals surface area contributed by atoms with Crippen LogP contribution in [0.1, 0.15) is 75.3 Å². The minimum atomic E-state index is 0.634. The van der Waals surface area contributed by atoms with Gasteiger partial charge in [0.25, 0.3) is 0 Å². The van der Waals surface area contributed by atoms with E-state index in [1.165, 1.54) is 60.8 Å². The van der Waals surface area contributed by atoms with Crippen molar-refractivity contribution in [3.05, 3.63) is 19.4 Å². The zero-order valence-corrected chi connectivity index (χ0v) is 15.9. The molecule has 0 saturated heterocycles. The molecule has 2 rings (SSSR count). The molecule has 1 aliphatic carbocycles. The SMILES string of the molecule is CC(C)CCCCCCNC1CCCc2sc(I)cc21. The van der Waals surface area contributed by atoms with E-state index in [2.05, 4.69) is 47.8 Å². The zero-order chi connectivity index (χ0) is 14.4. The molecule has 0 amide bonds. The average molecular weight is 405 g/mol. The molecule has 1 unspecified atom stereocenters. The Morgan fingerprint density at radius 1 is 1.30 bits per heavy atom. The van der Waals surface area contributed by atoms with Crippen molar-refractivity contribution in [2.45, 2.75) is 71.3 Å². The summed E-state index contributed by atoms with van der Waals surface area (Å²) in [5.74, 6) is 0.870. The zero-order valence-electron chi connectivity index (χ0n) is 12.9. The lowest BCUT2D eigenvalue weighted by Crippen LogP contribution is -2.25. The Hall–Kier alpha value is 0.390. The van der Waals surface area contributed by atoms with Gasteiger partial charge in [-0.2, -0.15) is 0 Å². The van der Waals surface area contributed by atoms with Crippen LogP contribution in [0.15, 0.2) is 6.07 Å². The fourth-order valence-corrected chi connectivity index (χ4v) is 5.16. The maximum absolute atomic E-state index is 3.79. The van der Waals surface area contributed by atoms with Crippen LogP contribution in [-0.2, 0) is 6.42 Å². The first kappa shape index (κ1) is 16.8. The predicted octanol–water partition coefficient (Wildman–Crippen LogP) is 5.93. The van der Waals surface area contributed by atoms with Crippen LogP contribution in [-0.4, -0.2) is 6.54 Å². The lowest BCUT2D eigenvalue weighted by atomic mass is 9.94. The van der Waals surface area contributed by atoms with E-state index < -0.39 is 0 Å². The van der Waals surface area contributed by atoms with Gasteiger partial charge in [0.05, 0.1) is 2.88 Å². The molecule has 1 heterocycles. The molecule has 0 spiro atoms. The third-order valence-corrected chi connectivity index (χ3v) is 6.15. The highest BCUT2D eigenvalue weighted by Crippen LogP contribution is 2.36. The number of fused-ring (bicyclic) bond motifs is 1. The van der Waals surface area contributed by atoms with Crippen molar-refractivity contribution in [2.24, 2.45) is 5.92 Å². The van der Waals surface area contributed by atoms with Gasteiger partial charge in [0.1, 0.15) is 0 Å². The summed E-state index contributed by atoms with van der Waals surface area (Å²) in [6, 6.07) is 3.04. The van der Waals surface area contributed by atoms with E-state index in [1.54, 1.807) is 10.4 Å². The third kappa shape index (κ3) is 5.30. The minimum Gasteiger partial charge on any atom is -0.310 e. The van der Waals surface area contributed by atoms with Gasteiger partial charge in [0, 0.05) is 10.9 Å². The van der Waals surface area contributed by atoms with E-state index in [0.29, 0.717) is 6.04 Å². The monoisotopic (exact) mass is 405 g/mol. The standard InChI is InChI=1S/C17H28INS/c1-13(2)8-5-3-4-6-11-19-15-9-7-10-16-14(15)12-17(18)20-16/h12-13,15,19H,3-11H2,1-2H3. The smallest absolute Gasteiger partial charge is 0.0659 e. The van der Waals surface area contributed by atoms with Gasteiger partial charge in [-0.15, -0.1) is 11.3 Å². The van der Waals surface area contributed by atoms with E-state index in [-0.39, 0.29) is 0 Å². The average Bonchev–Trinajstić information content (AvgIpc) is 2.78. The first-order valence-electron chi connectivity index (χ1n) is 8.18. The lowest BCUT2D eigenvalue weighted by molar-refractivity contribution is 0.447. The number of rotatable bonds is 8. The van der Waals surface area contributed by atoms with Gasteiger partial charge in [0.2, 0.25) is 0 Å². The number of aryl methyl sites for hydroxylation is 1. The molecule has 1 aliphatic rings. The summed E-state index contributed by atoms with van der Waals surface area (Å²) in [5, 5.41) is 3.79. The summed E-state index contributed by atoms with van der Waals surface area (Å²) in [5.41, 5.74) is 1.60. The maximum atomic E-state index is 3.79. The van der Waals surface area contributed by atoms with Gasteiger partial charge in [-0.1, -0.05) is 39.5 Å². The number of nitrogens with one attached hydrogen (secondary N) is 1. The third-order valence-electron chi connectivity index (χ3n) is 4.18. The molecule has 114 valence electrons. The van der Waals surface area contributed by atoms with Crippen molar-refractivity contribution in [2.75, 3.05) is 6.54 Å². The van der Waals surface area contributed by atoms with Gasteiger partial charge >= 0.3 is 0 Å². The fraction of sp³-hybridized carbons (Fsp3) is 0.765. The van der Waals surface area contributed by atoms with Crippen LogP contribution in [0.5, 0.6) is 0 Å². The summed E-state index contributed by atoms with van der Waals surface area (Å²) < 4.78 is 1.45. The van der Waals surface area contributed by atoms with Crippen LogP contribution in [0.2, 0.25) is 0 Å². The summed E-state index contributed by atoms with van der Waals surface area (Å²) in [4.78, 5) is 1.63. The Bertz CT molecular complexity index is 400. The largest absolute Gasteiger partial charge is 0.310 e. The molecule has 1 N–H and O–H groups in total. The normalized spacial score (nSPS) is 18.5. The summed E-state index contributed by atoms with van der Waals surface area (Å²) in [6.45, 7) is 5.84. The Balaban J connectivity index is 1.63. The highest BCUT2D eigenvalue weighted by molar-refractivity contribution is 14.1. The van der Waals surface area contributed by atoms with Crippen LogP contribution >= 0.6 is 33.9 Å². The van der Waals surface area contributed by atoms with Crippen LogP contribution in [0.4, 0.5) is 0 Å². The van der Waals surface area contributed by atoms with E-state index in [4.69, 9.17) is 0 Å². The second-order valence-corrected chi connectivity index (χ2v) is 9.46. The molecule has 0 fully saturated rings. The fourth-order valence-electron chi connectivity index (χ4n) is 3.04. The Morgan fingerprint density at radius 3 is 2.90 bits per heavy atom. The first-order chi connectivity index (χ1) is 9.66. The molecule has 1 nitrogen and oxygen atoms in total.